The van der Waals surface area contributed by atoms with Crippen molar-refractivity contribution >= 4 is 28.7 Å². The monoisotopic (exact) mass is 443 g/mol. The smallest absolute Gasteiger partial charge is 0.488 e. The predicted molar refractivity (Wildman–Crippen MR) is 112 cm³/mol. The number of benzene rings is 3. The zero-order chi connectivity index (χ0) is 22.0. The molecule has 0 unspecified atom stereocenters. The lowest BCUT2D eigenvalue weighted by atomic mass is 10.1. The summed E-state index contributed by atoms with van der Waals surface area (Å²) in [7, 11) is 0. The van der Waals surface area contributed by atoms with Crippen molar-refractivity contribution in [1.82, 2.24) is 4.57 Å². The average Bonchev–Trinajstić information content (AvgIpc) is 3.10. The van der Waals surface area contributed by atoms with Crippen molar-refractivity contribution < 1.29 is 28.2 Å². The third kappa shape index (κ3) is 4.78. The number of halogens is 3. The van der Waals surface area contributed by atoms with Crippen LogP contribution in [-0.2, 0) is 13.2 Å². The van der Waals surface area contributed by atoms with Crippen molar-refractivity contribution in [2.24, 2.45) is 0 Å². The summed E-state index contributed by atoms with van der Waals surface area (Å²) in [5.41, 5.74) is 2.02. The lowest BCUT2D eigenvalue weighted by molar-refractivity contribution is 0.144. The minimum Gasteiger partial charge on any atom is -0.488 e. The van der Waals surface area contributed by atoms with Crippen molar-refractivity contribution in [1.29, 1.82) is 0 Å². The molecule has 0 aliphatic rings. The minimum atomic E-state index is -1.39. The third-order valence-corrected chi connectivity index (χ3v) is 5.06. The van der Waals surface area contributed by atoms with Gasteiger partial charge in [0.05, 0.1) is 11.6 Å². The van der Waals surface area contributed by atoms with Crippen LogP contribution in [0.1, 0.15) is 11.1 Å². The molecule has 1 aromatic heterocycles. The lowest BCUT2D eigenvalue weighted by Gasteiger charge is -2.14. The molecule has 0 aliphatic heterocycles. The molecule has 4 rings (SSSR count). The summed E-state index contributed by atoms with van der Waals surface area (Å²) in [6, 6.07) is 15.0. The van der Waals surface area contributed by atoms with Gasteiger partial charge in [0.15, 0.2) is 0 Å². The number of ether oxygens (including phenoxy) is 2. The van der Waals surface area contributed by atoms with E-state index >= 15 is 0 Å². The van der Waals surface area contributed by atoms with Crippen LogP contribution in [0.15, 0.2) is 66.9 Å². The molecule has 4 aromatic rings. The number of carbonyl (C=O) groups is 1. The maximum absolute atomic E-state index is 13.9. The largest absolute Gasteiger partial charge is 0.511 e. The van der Waals surface area contributed by atoms with Crippen molar-refractivity contribution in [3.8, 4) is 11.5 Å². The van der Waals surface area contributed by atoms with Crippen LogP contribution in [0.3, 0.4) is 0 Å². The highest BCUT2D eigenvalue weighted by molar-refractivity contribution is 6.31. The molecule has 3 aromatic carbocycles. The van der Waals surface area contributed by atoms with Gasteiger partial charge < -0.3 is 19.1 Å². The van der Waals surface area contributed by atoms with Gasteiger partial charge in [0.25, 0.3) is 0 Å². The molecule has 5 nitrogen and oxygen atoms in total. The van der Waals surface area contributed by atoms with Gasteiger partial charge in [0.2, 0.25) is 0 Å². The number of hydrogen-bond acceptors (Lipinski definition) is 3. The Hall–Kier alpha value is -3.58. The zero-order valence-electron chi connectivity index (χ0n) is 16.0. The molecule has 0 saturated carbocycles. The van der Waals surface area contributed by atoms with E-state index in [0.717, 1.165) is 10.9 Å². The number of aromatic nitrogens is 1. The first-order valence-electron chi connectivity index (χ1n) is 9.24. The Balaban J connectivity index is 1.58. The number of rotatable bonds is 6. The quantitative estimate of drug-likeness (QED) is 0.282. The summed E-state index contributed by atoms with van der Waals surface area (Å²) >= 11 is 6.05. The average molecular weight is 444 g/mol. The first-order chi connectivity index (χ1) is 14.9. The van der Waals surface area contributed by atoms with Gasteiger partial charge in [-0.25, -0.2) is 13.6 Å². The predicted octanol–water partition coefficient (Wildman–Crippen LogP) is 6.26. The second-order valence-corrected chi connectivity index (χ2v) is 7.22. The van der Waals surface area contributed by atoms with E-state index in [9.17, 15) is 13.6 Å². The Labute approximate surface area is 181 Å². The summed E-state index contributed by atoms with van der Waals surface area (Å²) in [5.74, 6) is -0.165. The second-order valence-electron chi connectivity index (χ2n) is 6.81. The van der Waals surface area contributed by atoms with E-state index in [2.05, 4.69) is 4.74 Å². The molecule has 158 valence electrons. The summed E-state index contributed by atoms with van der Waals surface area (Å²) in [6.07, 6.45) is 0.419. The molecule has 0 aliphatic carbocycles. The van der Waals surface area contributed by atoms with E-state index in [0.29, 0.717) is 23.4 Å². The number of carboxylic acid groups (broad SMARTS) is 1. The molecular weight excluding hydrogens is 428 g/mol. The first-order valence-corrected chi connectivity index (χ1v) is 9.61. The molecule has 0 fully saturated rings. The third-order valence-electron chi connectivity index (χ3n) is 4.71. The molecule has 1 heterocycles. The zero-order valence-corrected chi connectivity index (χ0v) is 16.8. The molecule has 0 saturated heterocycles. The summed E-state index contributed by atoms with van der Waals surface area (Å²) < 4.78 is 39.6. The molecule has 31 heavy (non-hydrogen) atoms. The van der Waals surface area contributed by atoms with Gasteiger partial charge in [-0.05, 0) is 54.6 Å². The maximum Gasteiger partial charge on any atom is 0.511 e. The minimum absolute atomic E-state index is 0.0973. The van der Waals surface area contributed by atoms with E-state index in [-0.39, 0.29) is 17.4 Å². The Morgan fingerprint density at radius 1 is 0.968 bits per heavy atom. The van der Waals surface area contributed by atoms with Crippen LogP contribution in [0.5, 0.6) is 11.5 Å². The standard InChI is InChI=1S/C23H16ClF2NO4/c24-20-11-18(26)2-1-15(20)13-30-22-6-3-17(25)9-16(22)12-27-8-7-14-10-19(31-23(28)29)4-5-21(14)27/h1-11H,12-13H2,(H,28,29). The van der Waals surface area contributed by atoms with Gasteiger partial charge in [-0.15, -0.1) is 0 Å². The normalized spacial score (nSPS) is 10.9. The van der Waals surface area contributed by atoms with Crippen molar-refractivity contribution in [2.75, 3.05) is 0 Å². The summed E-state index contributed by atoms with van der Waals surface area (Å²) in [4.78, 5) is 10.7. The van der Waals surface area contributed by atoms with Gasteiger partial charge in [0, 0.05) is 28.2 Å². The van der Waals surface area contributed by atoms with E-state index in [1.165, 1.54) is 36.4 Å². The van der Waals surface area contributed by atoms with Gasteiger partial charge in [-0.3, -0.25) is 0 Å². The fourth-order valence-electron chi connectivity index (χ4n) is 3.27. The number of hydrogen-bond donors (Lipinski definition) is 1. The molecule has 0 bridgehead atoms. The number of fused-ring (bicyclic) bond motifs is 1. The van der Waals surface area contributed by atoms with Crippen LogP contribution in [0.4, 0.5) is 13.6 Å². The van der Waals surface area contributed by atoms with E-state index in [1.54, 1.807) is 24.4 Å². The molecule has 0 amide bonds. The van der Waals surface area contributed by atoms with Gasteiger partial charge in [0.1, 0.15) is 29.7 Å². The highest BCUT2D eigenvalue weighted by Crippen LogP contribution is 2.27. The topological polar surface area (TPSA) is 60.7 Å². The van der Waals surface area contributed by atoms with Crippen molar-refractivity contribution in [2.45, 2.75) is 13.2 Å². The van der Waals surface area contributed by atoms with E-state index < -0.39 is 17.8 Å². The molecule has 8 heteroatoms. The first kappa shape index (κ1) is 20.7. The molecular formula is C23H16ClF2NO4. The van der Waals surface area contributed by atoms with Crippen LogP contribution in [0.2, 0.25) is 5.02 Å². The number of nitrogens with zero attached hydrogens (tertiary/aromatic N) is 1. The summed E-state index contributed by atoms with van der Waals surface area (Å²) in [5, 5.41) is 9.78. The fourth-order valence-corrected chi connectivity index (χ4v) is 3.49. The Morgan fingerprint density at radius 3 is 2.52 bits per heavy atom. The van der Waals surface area contributed by atoms with Crippen LogP contribution in [-0.4, -0.2) is 15.8 Å². The van der Waals surface area contributed by atoms with Gasteiger partial charge in [-0.1, -0.05) is 17.7 Å². The van der Waals surface area contributed by atoms with E-state index in [1.807, 2.05) is 10.6 Å². The van der Waals surface area contributed by atoms with Crippen molar-refractivity contribution in [3.05, 3.63) is 94.6 Å². The fraction of sp³-hybridized carbons (Fsp3) is 0.0870. The molecule has 0 atom stereocenters. The molecule has 1 N–H and O–H groups in total. The maximum atomic E-state index is 13.9. The SMILES string of the molecule is O=C(O)Oc1ccc2c(ccn2Cc2cc(F)ccc2OCc2ccc(F)cc2Cl)c1. The van der Waals surface area contributed by atoms with E-state index in [4.69, 9.17) is 21.4 Å². The van der Waals surface area contributed by atoms with Crippen molar-refractivity contribution in [3.63, 3.8) is 0 Å². The van der Waals surface area contributed by atoms with Gasteiger partial charge >= 0.3 is 6.16 Å². The summed E-state index contributed by atoms with van der Waals surface area (Å²) in [6.45, 7) is 0.410. The second kappa shape index (κ2) is 8.65. The van der Waals surface area contributed by atoms with Gasteiger partial charge in [-0.2, -0.15) is 0 Å². The highest BCUT2D eigenvalue weighted by atomic mass is 35.5. The van der Waals surface area contributed by atoms with Crippen LogP contribution in [0.25, 0.3) is 10.9 Å². The molecule has 0 radical (unpaired) electrons. The Bertz CT molecular complexity index is 1270. The highest BCUT2D eigenvalue weighted by Gasteiger charge is 2.11. The van der Waals surface area contributed by atoms with Crippen LogP contribution in [0, 0.1) is 11.6 Å². The Kier molecular flexibility index (Phi) is 5.77. The lowest BCUT2D eigenvalue weighted by Crippen LogP contribution is -2.04. The van der Waals surface area contributed by atoms with Crippen LogP contribution >= 0.6 is 11.6 Å². The van der Waals surface area contributed by atoms with Crippen LogP contribution < -0.4 is 9.47 Å². The Morgan fingerprint density at radius 2 is 1.74 bits per heavy atom. The molecule has 0 spiro atoms.